The van der Waals surface area contributed by atoms with Crippen LogP contribution in [0.25, 0.3) is 0 Å². The lowest BCUT2D eigenvalue weighted by Gasteiger charge is -2.04. The number of carbonyl (C=O) groups is 1. The van der Waals surface area contributed by atoms with E-state index in [1.54, 1.807) is 36.4 Å². The second kappa shape index (κ2) is 5.00. The quantitative estimate of drug-likeness (QED) is 0.449. The fourth-order valence-electron chi connectivity index (χ4n) is 1.05. The number of rotatable bonds is 3. The minimum Gasteiger partial charge on any atom is -0.399 e. The van der Waals surface area contributed by atoms with Gasteiger partial charge in [0.2, 0.25) is 0 Å². The molecule has 0 heterocycles. The zero-order valence-corrected chi connectivity index (χ0v) is 8.66. The van der Waals surface area contributed by atoms with Crippen molar-refractivity contribution in [3.8, 4) is 0 Å². The first-order chi connectivity index (χ1) is 7.13. The van der Waals surface area contributed by atoms with Crippen LogP contribution in [0.2, 0.25) is 0 Å². The molecule has 0 aliphatic carbocycles. The molecule has 0 spiro atoms. The van der Waals surface area contributed by atoms with Crippen molar-refractivity contribution >= 4 is 17.3 Å². The van der Waals surface area contributed by atoms with Gasteiger partial charge in [0.1, 0.15) is 0 Å². The number of anilines is 2. The summed E-state index contributed by atoms with van der Waals surface area (Å²) in [6.45, 7) is 5.47. The van der Waals surface area contributed by atoms with Gasteiger partial charge >= 0.3 is 0 Å². The van der Waals surface area contributed by atoms with Gasteiger partial charge in [0, 0.05) is 16.9 Å². The smallest absolute Gasteiger partial charge is 0.255 e. The van der Waals surface area contributed by atoms with Crippen LogP contribution >= 0.6 is 0 Å². The highest BCUT2D eigenvalue weighted by molar-refractivity contribution is 6.05. The Kier molecular flexibility index (Phi) is 3.68. The summed E-state index contributed by atoms with van der Waals surface area (Å²) in [5.74, 6) is -0.210. The predicted octanol–water partition coefficient (Wildman–Crippen LogP) is 2.34. The molecule has 15 heavy (non-hydrogen) atoms. The van der Waals surface area contributed by atoms with E-state index in [1.165, 1.54) is 0 Å². The van der Waals surface area contributed by atoms with E-state index in [1.807, 2.05) is 6.92 Å². The fraction of sp³-hybridized carbons (Fsp3) is 0.0833. The summed E-state index contributed by atoms with van der Waals surface area (Å²) in [6, 6.07) is 6.95. The molecule has 1 aromatic carbocycles. The first-order valence-electron chi connectivity index (χ1n) is 4.62. The van der Waals surface area contributed by atoms with Crippen molar-refractivity contribution in [1.29, 1.82) is 0 Å². The van der Waals surface area contributed by atoms with E-state index in [2.05, 4.69) is 11.9 Å². The summed E-state index contributed by atoms with van der Waals surface area (Å²) in [6.07, 6.45) is 3.43. The third-order valence-electron chi connectivity index (χ3n) is 1.83. The molecule has 0 radical (unpaired) electrons. The molecule has 0 aliphatic heterocycles. The molecule has 1 aromatic rings. The maximum absolute atomic E-state index is 11.5. The largest absolute Gasteiger partial charge is 0.399 e. The van der Waals surface area contributed by atoms with E-state index in [0.29, 0.717) is 16.9 Å². The monoisotopic (exact) mass is 202 g/mol. The van der Waals surface area contributed by atoms with E-state index >= 15 is 0 Å². The van der Waals surface area contributed by atoms with Crippen LogP contribution in [-0.2, 0) is 4.79 Å². The van der Waals surface area contributed by atoms with Crippen LogP contribution in [0.1, 0.15) is 6.92 Å². The topological polar surface area (TPSA) is 55.1 Å². The summed E-state index contributed by atoms with van der Waals surface area (Å²) in [5, 5.41) is 2.71. The van der Waals surface area contributed by atoms with E-state index in [4.69, 9.17) is 5.73 Å². The Balaban J connectivity index is 2.66. The Morgan fingerprint density at radius 2 is 2.00 bits per heavy atom. The van der Waals surface area contributed by atoms with Crippen molar-refractivity contribution < 1.29 is 4.79 Å². The van der Waals surface area contributed by atoms with Crippen LogP contribution in [-0.4, -0.2) is 5.91 Å². The van der Waals surface area contributed by atoms with Crippen LogP contribution < -0.4 is 11.1 Å². The zero-order chi connectivity index (χ0) is 11.3. The molecule has 0 fully saturated rings. The van der Waals surface area contributed by atoms with Gasteiger partial charge in [0.25, 0.3) is 5.91 Å². The molecule has 0 aromatic heterocycles. The predicted molar refractivity (Wildman–Crippen MR) is 63.4 cm³/mol. The Morgan fingerprint density at radius 3 is 2.53 bits per heavy atom. The molecular formula is C12H14N2O. The molecule has 0 bridgehead atoms. The van der Waals surface area contributed by atoms with Crippen LogP contribution in [0.4, 0.5) is 11.4 Å². The molecule has 0 atom stereocenters. The average molecular weight is 202 g/mol. The van der Waals surface area contributed by atoms with Crippen molar-refractivity contribution in [2.45, 2.75) is 6.92 Å². The molecule has 78 valence electrons. The van der Waals surface area contributed by atoms with Gasteiger partial charge in [0.05, 0.1) is 0 Å². The SMILES string of the molecule is C=C(/C=C\C)C(=O)Nc1ccc(N)cc1. The lowest BCUT2D eigenvalue weighted by molar-refractivity contribution is -0.112. The van der Waals surface area contributed by atoms with Crippen LogP contribution in [0.5, 0.6) is 0 Å². The normalized spacial score (nSPS) is 10.2. The van der Waals surface area contributed by atoms with Gasteiger partial charge in [-0.2, -0.15) is 0 Å². The van der Waals surface area contributed by atoms with Crippen LogP contribution in [0.3, 0.4) is 0 Å². The molecule has 3 heteroatoms. The fourth-order valence-corrected chi connectivity index (χ4v) is 1.05. The number of nitrogen functional groups attached to an aromatic ring is 1. The number of hydrogen-bond acceptors (Lipinski definition) is 2. The molecule has 3 N–H and O–H groups in total. The van der Waals surface area contributed by atoms with Gasteiger partial charge in [0.15, 0.2) is 0 Å². The number of benzene rings is 1. The van der Waals surface area contributed by atoms with Crippen molar-refractivity contribution in [2.75, 3.05) is 11.1 Å². The van der Waals surface area contributed by atoms with Gasteiger partial charge in [-0.25, -0.2) is 0 Å². The molecular weight excluding hydrogens is 188 g/mol. The second-order valence-corrected chi connectivity index (χ2v) is 3.10. The lowest BCUT2D eigenvalue weighted by atomic mass is 10.2. The highest BCUT2D eigenvalue weighted by atomic mass is 16.1. The van der Waals surface area contributed by atoms with Crippen molar-refractivity contribution in [3.63, 3.8) is 0 Å². The van der Waals surface area contributed by atoms with Gasteiger partial charge < -0.3 is 11.1 Å². The Labute approximate surface area is 89.3 Å². The van der Waals surface area contributed by atoms with Gasteiger partial charge in [-0.15, -0.1) is 0 Å². The third kappa shape index (κ3) is 3.31. The molecule has 0 aliphatic rings. The Hall–Kier alpha value is -2.03. The molecule has 3 nitrogen and oxygen atoms in total. The Bertz CT molecular complexity index is 391. The highest BCUT2D eigenvalue weighted by Crippen LogP contribution is 2.11. The van der Waals surface area contributed by atoms with Crippen molar-refractivity contribution in [3.05, 3.63) is 48.6 Å². The molecule has 0 saturated heterocycles. The zero-order valence-electron chi connectivity index (χ0n) is 8.66. The first-order valence-corrected chi connectivity index (χ1v) is 4.62. The summed E-state index contributed by atoms with van der Waals surface area (Å²) in [7, 11) is 0. The summed E-state index contributed by atoms with van der Waals surface area (Å²) >= 11 is 0. The van der Waals surface area contributed by atoms with Crippen LogP contribution in [0.15, 0.2) is 48.6 Å². The average Bonchev–Trinajstić information content (AvgIpc) is 2.22. The van der Waals surface area contributed by atoms with Gasteiger partial charge in [-0.3, -0.25) is 4.79 Å². The lowest BCUT2D eigenvalue weighted by Crippen LogP contribution is -2.12. The van der Waals surface area contributed by atoms with Crippen molar-refractivity contribution in [2.24, 2.45) is 0 Å². The number of allylic oxidation sites excluding steroid dienone is 1. The maximum Gasteiger partial charge on any atom is 0.255 e. The van der Waals surface area contributed by atoms with E-state index in [0.717, 1.165) is 0 Å². The number of carbonyl (C=O) groups excluding carboxylic acids is 1. The number of nitrogens with two attached hydrogens (primary N) is 1. The standard InChI is InChI=1S/C12H14N2O/c1-3-4-9(2)12(15)14-11-7-5-10(13)6-8-11/h3-8H,2,13H2,1H3,(H,14,15)/b4-3-. The highest BCUT2D eigenvalue weighted by Gasteiger charge is 2.03. The summed E-state index contributed by atoms with van der Waals surface area (Å²) in [5.41, 5.74) is 7.32. The summed E-state index contributed by atoms with van der Waals surface area (Å²) in [4.78, 5) is 11.5. The Morgan fingerprint density at radius 1 is 1.40 bits per heavy atom. The minimum atomic E-state index is -0.210. The van der Waals surface area contributed by atoms with Crippen molar-refractivity contribution in [1.82, 2.24) is 0 Å². The van der Waals surface area contributed by atoms with Gasteiger partial charge in [-0.05, 0) is 31.2 Å². The summed E-state index contributed by atoms with van der Waals surface area (Å²) < 4.78 is 0. The first kappa shape index (κ1) is 11.0. The maximum atomic E-state index is 11.5. The number of amides is 1. The minimum absolute atomic E-state index is 0.210. The number of nitrogens with one attached hydrogen (secondary N) is 1. The molecule has 1 rings (SSSR count). The van der Waals surface area contributed by atoms with Gasteiger partial charge in [-0.1, -0.05) is 18.7 Å². The van der Waals surface area contributed by atoms with E-state index in [-0.39, 0.29) is 5.91 Å². The van der Waals surface area contributed by atoms with E-state index < -0.39 is 0 Å². The number of hydrogen-bond donors (Lipinski definition) is 2. The van der Waals surface area contributed by atoms with E-state index in [9.17, 15) is 4.79 Å². The molecule has 0 saturated carbocycles. The second-order valence-electron chi connectivity index (χ2n) is 3.10. The molecule has 1 amide bonds. The third-order valence-corrected chi connectivity index (χ3v) is 1.83. The molecule has 0 unspecified atom stereocenters. The van der Waals surface area contributed by atoms with Crippen LogP contribution in [0, 0.1) is 0 Å².